The van der Waals surface area contributed by atoms with Crippen LogP contribution in [0.3, 0.4) is 0 Å². The molecule has 1 aromatic heterocycles. The van der Waals surface area contributed by atoms with Crippen LogP contribution in [0.5, 0.6) is 0 Å². The third-order valence-electron chi connectivity index (χ3n) is 4.71. The first-order chi connectivity index (χ1) is 11.1. The molecular weight excluding hydrogens is 312 g/mol. The van der Waals surface area contributed by atoms with Crippen molar-refractivity contribution in [3.05, 3.63) is 16.1 Å². The molecule has 2 aliphatic rings. The topological polar surface area (TPSA) is 66.5 Å². The van der Waals surface area contributed by atoms with E-state index >= 15 is 0 Å². The third-order valence-corrected chi connectivity index (χ3v) is 5.63. The van der Waals surface area contributed by atoms with E-state index in [1.807, 2.05) is 24.3 Å². The molecule has 2 fully saturated rings. The van der Waals surface area contributed by atoms with Gasteiger partial charge in [0, 0.05) is 18.0 Å². The molecule has 0 bridgehead atoms. The lowest BCUT2D eigenvalue weighted by molar-refractivity contribution is -0.140. The van der Waals surface area contributed by atoms with Gasteiger partial charge in [0.05, 0.1) is 30.5 Å². The molecule has 1 aromatic rings. The summed E-state index contributed by atoms with van der Waals surface area (Å²) in [5.74, 6) is 0.684. The molecular formula is C16H26N4O2S. The van der Waals surface area contributed by atoms with Crippen molar-refractivity contribution in [3.63, 3.8) is 0 Å². The Morgan fingerprint density at radius 1 is 1.52 bits per heavy atom. The van der Waals surface area contributed by atoms with Gasteiger partial charge in [0.1, 0.15) is 6.04 Å². The second kappa shape index (κ2) is 7.70. The van der Waals surface area contributed by atoms with E-state index in [0.717, 1.165) is 38.3 Å². The minimum atomic E-state index is -0.244. The molecule has 2 aliphatic heterocycles. The molecule has 0 aliphatic carbocycles. The number of thiazole rings is 1. The monoisotopic (exact) mass is 338 g/mol. The zero-order valence-electron chi connectivity index (χ0n) is 13.9. The summed E-state index contributed by atoms with van der Waals surface area (Å²) >= 11 is 1.63. The SMILES string of the molecule is Cc1ncsc1CN(CC1CCNC1)C(=O)[C@H]1NCCO[C@@H]1C. The Kier molecular flexibility index (Phi) is 5.63. The summed E-state index contributed by atoms with van der Waals surface area (Å²) in [5.41, 5.74) is 2.88. The van der Waals surface area contributed by atoms with Crippen molar-refractivity contribution in [1.29, 1.82) is 0 Å². The van der Waals surface area contributed by atoms with E-state index in [2.05, 4.69) is 15.6 Å². The maximum atomic E-state index is 13.1. The van der Waals surface area contributed by atoms with E-state index in [1.165, 1.54) is 4.88 Å². The van der Waals surface area contributed by atoms with E-state index in [4.69, 9.17) is 4.74 Å². The zero-order valence-corrected chi connectivity index (χ0v) is 14.7. The van der Waals surface area contributed by atoms with Crippen molar-refractivity contribution in [2.75, 3.05) is 32.8 Å². The number of morpholine rings is 1. The van der Waals surface area contributed by atoms with Crippen molar-refractivity contribution in [2.45, 2.75) is 39.0 Å². The highest BCUT2D eigenvalue weighted by atomic mass is 32.1. The van der Waals surface area contributed by atoms with E-state index in [0.29, 0.717) is 19.1 Å². The van der Waals surface area contributed by atoms with Gasteiger partial charge in [-0.25, -0.2) is 4.98 Å². The number of carbonyl (C=O) groups is 1. The standard InChI is InChI=1S/C16H26N4O2S/c1-11-14(23-10-19-11)9-20(8-13-3-4-17-7-13)16(21)15-12(2)22-6-5-18-15/h10,12-13,15,17-18H,3-9H2,1-2H3/t12-,13?,15+/m1/s1. The van der Waals surface area contributed by atoms with Crippen LogP contribution in [0.15, 0.2) is 5.51 Å². The Morgan fingerprint density at radius 3 is 3.04 bits per heavy atom. The maximum absolute atomic E-state index is 13.1. The van der Waals surface area contributed by atoms with Crippen LogP contribution in [-0.2, 0) is 16.1 Å². The average molecular weight is 338 g/mol. The van der Waals surface area contributed by atoms with Gasteiger partial charge >= 0.3 is 0 Å². The highest BCUT2D eigenvalue weighted by Crippen LogP contribution is 2.20. The normalized spacial score (nSPS) is 28.0. The molecule has 0 spiro atoms. The largest absolute Gasteiger partial charge is 0.375 e. The lowest BCUT2D eigenvalue weighted by Gasteiger charge is -2.34. The average Bonchev–Trinajstić information content (AvgIpc) is 3.19. The first-order valence-electron chi connectivity index (χ1n) is 8.38. The quantitative estimate of drug-likeness (QED) is 0.830. The van der Waals surface area contributed by atoms with Gasteiger partial charge in [0.2, 0.25) is 5.91 Å². The summed E-state index contributed by atoms with van der Waals surface area (Å²) in [4.78, 5) is 20.6. The lowest BCUT2D eigenvalue weighted by atomic mass is 10.1. The predicted molar refractivity (Wildman–Crippen MR) is 90.4 cm³/mol. The smallest absolute Gasteiger partial charge is 0.242 e. The molecule has 1 unspecified atom stereocenters. The molecule has 7 heteroatoms. The first kappa shape index (κ1) is 16.8. The van der Waals surface area contributed by atoms with Gasteiger partial charge in [0.15, 0.2) is 0 Å². The van der Waals surface area contributed by atoms with Crippen LogP contribution in [0, 0.1) is 12.8 Å². The number of rotatable bonds is 5. The minimum Gasteiger partial charge on any atom is -0.375 e. The molecule has 3 heterocycles. The second-order valence-corrected chi connectivity index (χ2v) is 7.39. The Balaban J connectivity index is 1.72. The van der Waals surface area contributed by atoms with Crippen molar-refractivity contribution in [2.24, 2.45) is 5.92 Å². The summed E-state index contributed by atoms with van der Waals surface area (Å²) in [6.07, 6.45) is 1.05. The Morgan fingerprint density at radius 2 is 2.39 bits per heavy atom. The zero-order chi connectivity index (χ0) is 16.2. The number of nitrogens with zero attached hydrogens (tertiary/aromatic N) is 2. The summed E-state index contributed by atoms with van der Waals surface area (Å²) in [6.45, 7) is 8.89. The molecule has 0 aromatic carbocycles. The Labute approximate surface area is 141 Å². The van der Waals surface area contributed by atoms with Crippen molar-refractivity contribution >= 4 is 17.2 Å². The molecule has 0 saturated carbocycles. The van der Waals surface area contributed by atoms with Crippen LogP contribution in [0.4, 0.5) is 0 Å². The molecule has 2 N–H and O–H groups in total. The molecule has 3 atom stereocenters. The fourth-order valence-electron chi connectivity index (χ4n) is 3.27. The van der Waals surface area contributed by atoms with Crippen LogP contribution in [0.2, 0.25) is 0 Å². The van der Waals surface area contributed by atoms with Crippen LogP contribution >= 0.6 is 11.3 Å². The minimum absolute atomic E-state index is 0.0805. The molecule has 6 nitrogen and oxygen atoms in total. The lowest BCUT2D eigenvalue weighted by Crippen LogP contribution is -2.56. The number of ether oxygens (including phenoxy) is 1. The van der Waals surface area contributed by atoms with Crippen LogP contribution in [0.25, 0.3) is 0 Å². The molecule has 0 radical (unpaired) electrons. The molecule has 23 heavy (non-hydrogen) atoms. The van der Waals surface area contributed by atoms with Crippen LogP contribution < -0.4 is 10.6 Å². The van der Waals surface area contributed by atoms with E-state index in [9.17, 15) is 4.79 Å². The highest BCUT2D eigenvalue weighted by molar-refractivity contribution is 7.09. The summed E-state index contributed by atoms with van der Waals surface area (Å²) in [7, 11) is 0. The molecule has 3 rings (SSSR count). The fraction of sp³-hybridized carbons (Fsp3) is 0.750. The van der Waals surface area contributed by atoms with Gasteiger partial charge in [-0.05, 0) is 39.3 Å². The number of nitrogens with one attached hydrogen (secondary N) is 2. The van der Waals surface area contributed by atoms with Crippen LogP contribution in [-0.4, -0.2) is 60.7 Å². The van der Waals surface area contributed by atoms with Gasteiger partial charge in [-0.2, -0.15) is 0 Å². The Hall–Kier alpha value is -1.02. The molecule has 2 saturated heterocycles. The van der Waals surface area contributed by atoms with Gasteiger partial charge in [0.25, 0.3) is 0 Å². The second-order valence-electron chi connectivity index (χ2n) is 6.45. The summed E-state index contributed by atoms with van der Waals surface area (Å²) in [5, 5.41) is 6.71. The number of aryl methyl sites for hydroxylation is 1. The number of amides is 1. The molecule has 1 amide bonds. The number of hydrogen-bond donors (Lipinski definition) is 2. The highest BCUT2D eigenvalue weighted by Gasteiger charge is 2.33. The van der Waals surface area contributed by atoms with Gasteiger partial charge in [-0.15, -0.1) is 11.3 Å². The summed E-state index contributed by atoms with van der Waals surface area (Å²) < 4.78 is 5.66. The fourth-order valence-corrected chi connectivity index (χ4v) is 4.06. The van der Waals surface area contributed by atoms with Crippen LogP contribution in [0.1, 0.15) is 23.9 Å². The van der Waals surface area contributed by atoms with Crippen molar-refractivity contribution in [3.8, 4) is 0 Å². The van der Waals surface area contributed by atoms with Crippen molar-refractivity contribution in [1.82, 2.24) is 20.5 Å². The van der Waals surface area contributed by atoms with Crippen molar-refractivity contribution < 1.29 is 9.53 Å². The van der Waals surface area contributed by atoms with E-state index < -0.39 is 0 Å². The Bertz CT molecular complexity index is 530. The number of aromatic nitrogens is 1. The summed E-state index contributed by atoms with van der Waals surface area (Å²) in [6, 6.07) is -0.244. The van der Waals surface area contributed by atoms with Gasteiger partial charge in [-0.1, -0.05) is 0 Å². The predicted octanol–water partition coefficient (Wildman–Crippen LogP) is 0.767. The maximum Gasteiger partial charge on any atom is 0.242 e. The number of hydrogen-bond acceptors (Lipinski definition) is 6. The van der Waals surface area contributed by atoms with E-state index in [1.54, 1.807) is 11.3 Å². The third kappa shape index (κ3) is 4.09. The molecule has 128 valence electrons. The van der Waals surface area contributed by atoms with Gasteiger partial charge < -0.3 is 20.3 Å². The van der Waals surface area contributed by atoms with Gasteiger partial charge in [-0.3, -0.25) is 4.79 Å². The first-order valence-corrected chi connectivity index (χ1v) is 9.26. The van der Waals surface area contributed by atoms with E-state index in [-0.39, 0.29) is 18.1 Å². The number of carbonyl (C=O) groups excluding carboxylic acids is 1.